The molecule has 0 saturated carbocycles. The predicted octanol–water partition coefficient (Wildman–Crippen LogP) is 3.47. The summed E-state index contributed by atoms with van der Waals surface area (Å²) in [5.74, 6) is -0.539. The molecule has 5 heteroatoms. The van der Waals surface area contributed by atoms with Crippen LogP contribution in [0, 0.1) is 34.6 Å². The van der Waals surface area contributed by atoms with Crippen molar-refractivity contribution in [2.24, 2.45) is 0 Å². The second kappa shape index (κ2) is 5.32. The van der Waals surface area contributed by atoms with Gasteiger partial charge in [0.05, 0.1) is 0 Å². The Balaban J connectivity index is 2.83. The molecule has 0 amide bonds. The summed E-state index contributed by atoms with van der Waals surface area (Å²) in [7, 11) is -4.01. The zero-order valence-electron chi connectivity index (χ0n) is 13.4. The molecular weight excluding hydrogens is 300 g/mol. The summed E-state index contributed by atoms with van der Waals surface area (Å²) in [6.45, 7) is 8.71. The summed E-state index contributed by atoms with van der Waals surface area (Å²) < 4.78 is 25.8. The lowest BCUT2D eigenvalue weighted by Crippen LogP contribution is -2.06. The quantitative estimate of drug-likeness (QED) is 0.888. The molecule has 0 aliphatic carbocycles. The second-order valence-corrected chi connectivity index (χ2v) is 7.61. The van der Waals surface area contributed by atoms with Gasteiger partial charge in [0, 0.05) is 0 Å². The number of rotatable bonds is 2. The van der Waals surface area contributed by atoms with Crippen molar-refractivity contribution < 1.29 is 18.6 Å². The Morgan fingerprint density at radius 2 is 1.27 bits per heavy atom. The summed E-state index contributed by atoms with van der Waals surface area (Å²) in [5.41, 5.74) is 3.37. The third-order valence-corrected chi connectivity index (χ3v) is 5.86. The van der Waals surface area contributed by atoms with E-state index in [1.54, 1.807) is 33.8 Å². The monoisotopic (exact) mass is 320 g/mol. The molecule has 22 heavy (non-hydrogen) atoms. The van der Waals surface area contributed by atoms with Crippen LogP contribution in [0.15, 0.2) is 28.0 Å². The van der Waals surface area contributed by atoms with Crippen LogP contribution in [0.3, 0.4) is 0 Å². The molecule has 0 aromatic heterocycles. The van der Waals surface area contributed by atoms with Crippen LogP contribution in [-0.4, -0.2) is 18.6 Å². The molecule has 2 N–H and O–H groups in total. The van der Waals surface area contributed by atoms with E-state index in [1.807, 2.05) is 6.92 Å². The molecule has 0 atom stereocenters. The van der Waals surface area contributed by atoms with E-state index in [0.717, 1.165) is 16.7 Å². The molecule has 0 aliphatic heterocycles. The predicted molar refractivity (Wildman–Crippen MR) is 85.4 cm³/mol. The first kappa shape index (κ1) is 16.4. The van der Waals surface area contributed by atoms with E-state index in [0.29, 0.717) is 11.1 Å². The number of hydrogen-bond acceptors (Lipinski definition) is 4. The number of phenolic OH excluding ortho intramolecular Hbond substituents is 2. The lowest BCUT2D eigenvalue weighted by atomic mass is 10.0. The van der Waals surface area contributed by atoms with Crippen molar-refractivity contribution in [3.05, 3.63) is 46.0 Å². The van der Waals surface area contributed by atoms with Crippen LogP contribution in [0.5, 0.6) is 11.5 Å². The van der Waals surface area contributed by atoms with Gasteiger partial charge in [-0.15, -0.1) is 0 Å². The second-order valence-electron chi connectivity index (χ2n) is 5.72. The third kappa shape index (κ3) is 2.46. The van der Waals surface area contributed by atoms with Gasteiger partial charge < -0.3 is 10.2 Å². The zero-order valence-corrected chi connectivity index (χ0v) is 14.2. The Kier molecular flexibility index (Phi) is 3.96. The Hall–Kier alpha value is -2.01. The third-order valence-electron chi connectivity index (χ3n) is 4.08. The largest absolute Gasteiger partial charge is 0.506 e. The van der Waals surface area contributed by atoms with E-state index in [2.05, 4.69) is 0 Å². The van der Waals surface area contributed by atoms with E-state index < -0.39 is 9.84 Å². The van der Waals surface area contributed by atoms with Crippen molar-refractivity contribution in [1.82, 2.24) is 0 Å². The summed E-state index contributed by atoms with van der Waals surface area (Å²) in [4.78, 5) is -0.351. The molecular formula is C17H20O4S. The van der Waals surface area contributed by atoms with Crippen molar-refractivity contribution in [2.75, 3.05) is 0 Å². The number of benzene rings is 2. The van der Waals surface area contributed by atoms with Gasteiger partial charge >= 0.3 is 0 Å². The fraction of sp³-hybridized carbons (Fsp3) is 0.294. The Labute approximate surface area is 131 Å². The van der Waals surface area contributed by atoms with Crippen LogP contribution in [0.4, 0.5) is 0 Å². The van der Waals surface area contributed by atoms with Crippen molar-refractivity contribution >= 4 is 9.84 Å². The minimum atomic E-state index is -4.01. The molecule has 2 aromatic rings. The lowest BCUT2D eigenvalue weighted by Gasteiger charge is -2.15. The van der Waals surface area contributed by atoms with Gasteiger partial charge in [-0.1, -0.05) is 6.07 Å². The van der Waals surface area contributed by atoms with Gasteiger partial charge in [-0.3, -0.25) is 0 Å². The minimum Gasteiger partial charge on any atom is -0.506 e. The van der Waals surface area contributed by atoms with Crippen molar-refractivity contribution in [1.29, 1.82) is 0 Å². The molecule has 0 saturated heterocycles. The molecule has 118 valence electrons. The molecule has 0 bridgehead atoms. The van der Waals surface area contributed by atoms with Crippen LogP contribution < -0.4 is 0 Å². The van der Waals surface area contributed by atoms with Crippen molar-refractivity contribution in [2.45, 2.75) is 44.4 Å². The topological polar surface area (TPSA) is 74.6 Å². The molecule has 0 heterocycles. The molecule has 0 fully saturated rings. The highest BCUT2D eigenvalue weighted by atomic mass is 32.2. The highest BCUT2D eigenvalue weighted by Gasteiger charge is 2.27. The van der Waals surface area contributed by atoms with Crippen LogP contribution in [0.1, 0.15) is 27.8 Å². The Bertz CT molecular complexity index is 865. The van der Waals surface area contributed by atoms with Crippen molar-refractivity contribution in [3.8, 4) is 11.5 Å². The van der Waals surface area contributed by atoms with E-state index in [-0.39, 0.29) is 21.3 Å². The number of aryl methyl sites for hydroxylation is 3. The van der Waals surface area contributed by atoms with Gasteiger partial charge in [0.1, 0.15) is 21.3 Å². The lowest BCUT2D eigenvalue weighted by molar-refractivity contribution is 0.448. The first-order chi connectivity index (χ1) is 10.1. The number of sulfone groups is 1. The van der Waals surface area contributed by atoms with Gasteiger partial charge in [-0.05, 0) is 74.6 Å². The van der Waals surface area contributed by atoms with Gasteiger partial charge in [0.25, 0.3) is 0 Å². The zero-order chi connectivity index (χ0) is 16.8. The molecule has 4 nitrogen and oxygen atoms in total. The average Bonchev–Trinajstić information content (AvgIpc) is 2.44. The first-order valence-corrected chi connectivity index (χ1v) is 8.40. The fourth-order valence-corrected chi connectivity index (χ4v) is 4.21. The van der Waals surface area contributed by atoms with Crippen molar-refractivity contribution in [3.63, 3.8) is 0 Å². The van der Waals surface area contributed by atoms with E-state index >= 15 is 0 Å². The average molecular weight is 320 g/mol. The molecule has 2 rings (SSSR count). The summed E-state index contributed by atoms with van der Waals surface area (Å²) in [6.07, 6.45) is 0. The SMILES string of the molecule is Cc1cc(C)c(O)c(S(=O)(=O)c2cc(C)c(C)c(C)c2O)c1. The smallest absolute Gasteiger partial charge is 0.213 e. The summed E-state index contributed by atoms with van der Waals surface area (Å²) >= 11 is 0. The van der Waals surface area contributed by atoms with Crippen LogP contribution in [-0.2, 0) is 9.84 Å². The fourth-order valence-electron chi connectivity index (χ4n) is 2.48. The Morgan fingerprint density at radius 1 is 0.727 bits per heavy atom. The van der Waals surface area contributed by atoms with E-state index in [9.17, 15) is 18.6 Å². The molecule has 2 aromatic carbocycles. The highest BCUT2D eigenvalue weighted by molar-refractivity contribution is 7.91. The molecule has 0 spiro atoms. The van der Waals surface area contributed by atoms with Crippen LogP contribution in [0.2, 0.25) is 0 Å². The first-order valence-electron chi connectivity index (χ1n) is 6.92. The maximum Gasteiger partial charge on any atom is 0.213 e. The summed E-state index contributed by atoms with van der Waals surface area (Å²) in [6, 6.07) is 4.57. The van der Waals surface area contributed by atoms with Gasteiger partial charge in [-0.25, -0.2) is 8.42 Å². The minimum absolute atomic E-state index is 0.173. The standard InChI is InChI=1S/C17H20O4S/c1-9-6-11(3)16(18)14(7-9)22(20,21)15-8-10(2)12(4)13(5)17(15)19/h6-8,18-19H,1-5H3. The molecule has 0 aliphatic rings. The van der Waals surface area contributed by atoms with Crippen LogP contribution in [0.25, 0.3) is 0 Å². The van der Waals surface area contributed by atoms with E-state index in [1.165, 1.54) is 12.1 Å². The van der Waals surface area contributed by atoms with Gasteiger partial charge in [0.2, 0.25) is 9.84 Å². The highest BCUT2D eigenvalue weighted by Crippen LogP contribution is 2.38. The number of phenols is 2. The van der Waals surface area contributed by atoms with Gasteiger partial charge in [-0.2, -0.15) is 0 Å². The number of hydrogen-bond donors (Lipinski definition) is 2. The molecule has 0 radical (unpaired) electrons. The molecule has 0 unspecified atom stereocenters. The van der Waals surface area contributed by atoms with Gasteiger partial charge in [0.15, 0.2) is 0 Å². The van der Waals surface area contributed by atoms with Crippen LogP contribution >= 0.6 is 0 Å². The number of aromatic hydroxyl groups is 2. The normalized spacial score (nSPS) is 11.7. The van der Waals surface area contributed by atoms with E-state index in [4.69, 9.17) is 0 Å². The maximum absolute atomic E-state index is 12.9. The summed E-state index contributed by atoms with van der Waals surface area (Å²) in [5, 5.41) is 20.4. The Morgan fingerprint density at radius 3 is 1.86 bits per heavy atom. The maximum atomic E-state index is 12.9.